The maximum absolute atomic E-state index is 12.4. The standard InChI is InChI=1S/C18H15N3O3S/c1-12-6-2-3-8-14(12)20-16(22)11-21-17(23)15(25-18(21)24)10-13-7-4-5-9-19-13/h2-10H,11H2,1H3,(H,20,22)/b15-10+. The number of nitrogens with zero attached hydrogens (tertiary/aromatic N) is 2. The second kappa shape index (κ2) is 7.31. The normalized spacial score (nSPS) is 15.7. The minimum atomic E-state index is -0.486. The van der Waals surface area contributed by atoms with Crippen LogP contribution >= 0.6 is 11.8 Å². The first-order chi connectivity index (χ1) is 12.0. The van der Waals surface area contributed by atoms with E-state index in [9.17, 15) is 14.4 Å². The van der Waals surface area contributed by atoms with Crippen LogP contribution in [0.4, 0.5) is 10.5 Å². The Kier molecular flexibility index (Phi) is 4.95. The topological polar surface area (TPSA) is 79.4 Å². The molecule has 0 saturated carbocycles. The van der Waals surface area contributed by atoms with Gasteiger partial charge in [0.15, 0.2) is 0 Å². The van der Waals surface area contributed by atoms with Gasteiger partial charge in [0.1, 0.15) is 6.54 Å². The minimum Gasteiger partial charge on any atom is -0.324 e. The molecule has 2 aromatic rings. The van der Waals surface area contributed by atoms with E-state index in [4.69, 9.17) is 0 Å². The van der Waals surface area contributed by atoms with E-state index in [1.807, 2.05) is 19.1 Å². The van der Waals surface area contributed by atoms with Gasteiger partial charge in [-0.3, -0.25) is 24.3 Å². The quantitative estimate of drug-likeness (QED) is 0.855. The first-order valence-electron chi connectivity index (χ1n) is 7.56. The van der Waals surface area contributed by atoms with E-state index < -0.39 is 17.1 Å². The van der Waals surface area contributed by atoms with Gasteiger partial charge >= 0.3 is 0 Å². The van der Waals surface area contributed by atoms with Gasteiger partial charge in [-0.25, -0.2) is 0 Å². The Morgan fingerprint density at radius 3 is 2.68 bits per heavy atom. The molecule has 25 heavy (non-hydrogen) atoms. The van der Waals surface area contributed by atoms with Crippen LogP contribution in [0.2, 0.25) is 0 Å². The monoisotopic (exact) mass is 353 g/mol. The molecule has 0 aliphatic carbocycles. The molecule has 1 aliphatic heterocycles. The van der Waals surface area contributed by atoms with Crippen LogP contribution in [0.5, 0.6) is 0 Å². The minimum absolute atomic E-state index is 0.257. The molecule has 7 heteroatoms. The van der Waals surface area contributed by atoms with Crippen LogP contribution in [0.1, 0.15) is 11.3 Å². The first kappa shape index (κ1) is 16.9. The second-order valence-corrected chi connectivity index (χ2v) is 6.38. The summed E-state index contributed by atoms with van der Waals surface area (Å²) in [5, 5.41) is 2.25. The number of imide groups is 1. The zero-order chi connectivity index (χ0) is 17.8. The van der Waals surface area contributed by atoms with Crippen molar-refractivity contribution in [1.29, 1.82) is 0 Å². The van der Waals surface area contributed by atoms with Crippen LogP contribution in [0.15, 0.2) is 53.6 Å². The molecule has 0 unspecified atom stereocenters. The summed E-state index contributed by atoms with van der Waals surface area (Å²) in [7, 11) is 0. The smallest absolute Gasteiger partial charge is 0.294 e. The number of carbonyl (C=O) groups is 3. The number of benzene rings is 1. The van der Waals surface area contributed by atoms with Crippen LogP contribution in [-0.2, 0) is 9.59 Å². The summed E-state index contributed by atoms with van der Waals surface area (Å²) < 4.78 is 0. The van der Waals surface area contributed by atoms with Gasteiger partial charge in [-0.2, -0.15) is 0 Å². The van der Waals surface area contributed by atoms with Crippen LogP contribution in [-0.4, -0.2) is 33.5 Å². The third kappa shape index (κ3) is 3.95. The van der Waals surface area contributed by atoms with Gasteiger partial charge in [0.2, 0.25) is 5.91 Å². The molecule has 126 valence electrons. The number of para-hydroxylation sites is 1. The lowest BCUT2D eigenvalue weighted by Gasteiger charge is -2.13. The predicted octanol–water partition coefficient (Wildman–Crippen LogP) is 3.07. The highest BCUT2D eigenvalue weighted by molar-refractivity contribution is 8.18. The number of pyridine rings is 1. The van der Waals surface area contributed by atoms with Gasteiger partial charge in [-0.15, -0.1) is 0 Å². The Morgan fingerprint density at radius 1 is 1.20 bits per heavy atom. The highest BCUT2D eigenvalue weighted by Gasteiger charge is 2.36. The fraction of sp³-hybridized carbons (Fsp3) is 0.111. The van der Waals surface area contributed by atoms with Crippen molar-refractivity contribution in [3.8, 4) is 0 Å². The molecule has 0 atom stereocenters. The number of amides is 3. The van der Waals surface area contributed by atoms with Crippen molar-refractivity contribution in [2.24, 2.45) is 0 Å². The van der Waals surface area contributed by atoms with Gasteiger partial charge in [-0.05, 0) is 48.5 Å². The molecule has 1 N–H and O–H groups in total. The van der Waals surface area contributed by atoms with Crippen molar-refractivity contribution in [2.45, 2.75) is 6.92 Å². The average molecular weight is 353 g/mol. The van der Waals surface area contributed by atoms with Crippen LogP contribution in [0, 0.1) is 6.92 Å². The molecule has 0 bridgehead atoms. The number of thioether (sulfide) groups is 1. The molecular formula is C18H15N3O3S. The van der Waals surface area contributed by atoms with E-state index >= 15 is 0 Å². The van der Waals surface area contributed by atoms with Gasteiger partial charge in [0, 0.05) is 11.9 Å². The van der Waals surface area contributed by atoms with Crippen LogP contribution < -0.4 is 5.32 Å². The maximum atomic E-state index is 12.4. The lowest BCUT2D eigenvalue weighted by Crippen LogP contribution is -2.36. The molecular weight excluding hydrogens is 338 g/mol. The van der Waals surface area contributed by atoms with Crippen molar-refractivity contribution < 1.29 is 14.4 Å². The Labute approximate surface area is 148 Å². The molecule has 1 saturated heterocycles. The molecule has 0 spiro atoms. The zero-order valence-electron chi connectivity index (χ0n) is 13.4. The van der Waals surface area contributed by atoms with E-state index in [1.54, 1.807) is 42.6 Å². The van der Waals surface area contributed by atoms with E-state index in [0.717, 1.165) is 22.2 Å². The number of nitrogens with one attached hydrogen (secondary N) is 1. The molecule has 1 aromatic carbocycles. The Hall–Kier alpha value is -2.93. The molecule has 3 amide bonds. The molecule has 3 rings (SSSR count). The van der Waals surface area contributed by atoms with Crippen molar-refractivity contribution in [3.63, 3.8) is 0 Å². The average Bonchev–Trinajstić information content (AvgIpc) is 2.85. The Morgan fingerprint density at radius 2 is 1.96 bits per heavy atom. The van der Waals surface area contributed by atoms with Gasteiger partial charge in [0.05, 0.1) is 10.6 Å². The summed E-state index contributed by atoms with van der Waals surface area (Å²) in [4.78, 5) is 41.9. The van der Waals surface area contributed by atoms with E-state index in [0.29, 0.717) is 11.4 Å². The lowest BCUT2D eigenvalue weighted by atomic mass is 10.2. The molecule has 6 nitrogen and oxygen atoms in total. The molecule has 2 heterocycles. The Bertz CT molecular complexity index is 865. The highest BCUT2D eigenvalue weighted by Crippen LogP contribution is 2.31. The zero-order valence-corrected chi connectivity index (χ0v) is 14.2. The SMILES string of the molecule is Cc1ccccc1NC(=O)CN1C(=O)S/C(=C/c2ccccn2)C1=O. The molecule has 1 aromatic heterocycles. The fourth-order valence-corrected chi connectivity index (χ4v) is 3.10. The fourth-order valence-electron chi connectivity index (χ4n) is 2.28. The highest BCUT2D eigenvalue weighted by atomic mass is 32.2. The lowest BCUT2D eigenvalue weighted by molar-refractivity contribution is -0.127. The van der Waals surface area contributed by atoms with Crippen molar-refractivity contribution >= 4 is 40.6 Å². The van der Waals surface area contributed by atoms with Crippen molar-refractivity contribution in [1.82, 2.24) is 9.88 Å². The van der Waals surface area contributed by atoms with Crippen LogP contribution in [0.3, 0.4) is 0 Å². The summed E-state index contributed by atoms with van der Waals surface area (Å²) in [5.41, 5.74) is 2.14. The summed E-state index contributed by atoms with van der Waals surface area (Å²) in [6, 6.07) is 12.6. The van der Waals surface area contributed by atoms with E-state index in [-0.39, 0.29) is 11.4 Å². The maximum Gasteiger partial charge on any atom is 0.294 e. The molecule has 0 radical (unpaired) electrons. The van der Waals surface area contributed by atoms with Crippen molar-refractivity contribution in [3.05, 3.63) is 64.8 Å². The summed E-state index contributed by atoms with van der Waals surface area (Å²) in [5.74, 6) is -0.906. The van der Waals surface area contributed by atoms with Gasteiger partial charge < -0.3 is 5.32 Å². The molecule has 1 aliphatic rings. The van der Waals surface area contributed by atoms with E-state index in [1.165, 1.54) is 0 Å². The summed E-state index contributed by atoms with van der Waals surface area (Å²) >= 11 is 0.807. The van der Waals surface area contributed by atoms with Crippen molar-refractivity contribution in [2.75, 3.05) is 11.9 Å². The largest absolute Gasteiger partial charge is 0.324 e. The summed E-state index contributed by atoms with van der Waals surface area (Å²) in [6.45, 7) is 1.55. The van der Waals surface area contributed by atoms with Gasteiger partial charge in [0.25, 0.3) is 11.1 Å². The van der Waals surface area contributed by atoms with E-state index in [2.05, 4.69) is 10.3 Å². The number of hydrogen-bond acceptors (Lipinski definition) is 5. The Balaban J connectivity index is 1.70. The number of aryl methyl sites for hydroxylation is 1. The first-order valence-corrected chi connectivity index (χ1v) is 8.38. The number of carbonyl (C=O) groups excluding carboxylic acids is 3. The third-order valence-corrected chi connectivity index (χ3v) is 4.47. The third-order valence-electron chi connectivity index (χ3n) is 3.56. The molecule has 1 fully saturated rings. The van der Waals surface area contributed by atoms with Gasteiger partial charge in [-0.1, -0.05) is 24.3 Å². The second-order valence-electron chi connectivity index (χ2n) is 5.39. The number of anilines is 1. The predicted molar refractivity (Wildman–Crippen MR) is 96.7 cm³/mol. The number of rotatable bonds is 4. The number of hydrogen-bond donors (Lipinski definition) is 1. The van der Waals surface area contributed by atoms with Crippen LogP contribution in [0.25, 0.3) is 6.08 Å². The summed E-state index contributed by atoms with van der Waals surface area (Å²) in [6.07, 6.45) is 3.15. The number of aromatic nitrogens is 1.